The summed E-state index contributed by atoms with van der Waals surface area (Å²) in [6.45, 7) is 6.72. The van der Waals surface area contributed by atoms with E-state index in [-0.39, 0.29) is 5.75 Å². The Balaban J connectivity index is -0.000000527. The number of carbonyl (C=O) groups is 2. The fraction of sp³-hybridized carbons (Fsp3) is 0.379. The fourth-order valence-electron chi connectivity index (χ4n) is 2.89. The Hall–Kier alpha value is -2.26. The van der Waals surface area contributed by atoms with E-state index in [1.807, 2.05) is 88.9 Å². The van der Waals surface area contributed by atoms with Gasteiger partial charge in [0.1, 0.15) is 19.3 Å². The molecule has 11 nitrogen and oxygen atoms in total. The Kier molecular flexibility index (Phi) is 30.9. The molecular weight excluding hydrogens is 644 g/mol. The first-order valence-electron chi connectivity index (χ1n) is 13.1. The van der Waals surface area contributed by atoms with Crippen molar-refractivity contribution in [3.63, 3.8) is 0 Å². The topological polar surface area (TPSA) is 199 Å². The quantitative estimate of drug-likeness (QED) is 0.0326. The van der Waals surface area contributed by atoms with Crippen LogP contribution < -0.4 is 16.2 Å². The second kappa shape index (κ2) is 29.5. The van der Waals surface area contributed by atoms with Crippen molar-refractivity contribution < 1.29 is 33.8 Å². The number of nitrogens with one attached hydrogen (secondary N) is 1. The van der Waals surface area contributed by atoms with Gasteiger partial charge in [0, 0.05) is 48.4 Å². The van der Waals surface area contributed by atoms with Crippen LogP contribution in [-0.4, -0.2) is 90.1 Å². The number of nitrogen functional groups attached to an aromatic ring is 2. The number of aliphatic hydroxyl groups excluding tert-OH is 1. The van der Waals surface area contributed by atoms with E-state index < -0.39 is 6.57 Å². The van der Waals surface area contributed by atoms with Gasteiger partial charge in [0.2, 0.25) is 0 Å². The Morgan fingerprint density at radius 1 is 0.932 bits per heavy atom. The number of phenols is 1. The zero-order chi connectivity index (χ0) is 34.6. The van der Waals surface area contributed by atoms with E-state index in [1.54, 1.807) is 12.1 Å². The first kappa shape index (κ1) is 46.2. The third kappa shape index (κ3) is 24.1. The molecule has 15 heteroatoms. The monoisotopic (exact) mass is 692 g/mol. The SMILES string of the molecule is C=O.C=O.CCCP(=O)(O)SCCN(C)C.CO.Cc1ccc2cc(N)c(O)cc2c1.Nc1ccc(SNCCSO)cc1. The largest absolute Gasteiger partial charge is 0.506 e. The number of hydrogen-bond donors (Lipinski definition) is 7. The molecule has 44 heavy (non-hydrogen) atoms. The highest BCUT2D eigenvalue weighted by atomic mass is 32.7. The second-order valence-electron chi connectivity index (χ2n) is 8.66. The first-order valence-corrected chi connectivity index (χ1v) is 18.3. The highest BCUT2D eigenvalue weighted by Crippen LogP contribution is 2.54. The lowest BCUT2D eigenvalue weighted by Crippen LogP contribution is -2.14. The number of hydrogen-bond acceptors (Lipinski definition) is 13. The maximum atomic E-state index is 11.3. The van der Waals surface area contributed by atoms with Gasteiger partial charge in [-0.25, -0.2) is 0 Å². The summed E-state index contributed by atoms with van der Waals surface area (Å²) in [4.78, 5) is 28.5. The Labute approximate surface area is 274 Å². The molecule has 0 aromatic heterocycles. The minimum atomic E-state index is -2.86. The van der Waals surface area contributed by atoms with E-state index in [1.165, 1.54) is 28.9 Å². The number of fused-ring (bicyclic) bond motifs is 1. The predicted octanol–water partition coefficient (Wildman–Crippen LogP) is 5.62. The molecule has 0 spiro atoms. The lowest BCUT2D eigenvalue weighted by atomic mass is 10.1. The summed E-state index contributed by atoms with van der Waals surface area (Å²) in [7, 11) is 4.92. The fourth-order valence-corrected chi connectivity index (χ4v) is 7.32. The normalized spacial score (nSPS) is 10.9. The molecular formula is C29H49N4O7PS3. The van der Waals surface area contributed by atoms with Crippen molar-refractivity contribution in [2.24, 2.45) is 0 Å². The van der Waals surface area contributed by atoms with Gasteiger partial charge < -0.3 is 45.6 Å². The van der Waals surface area contributed by atoms with Gasteiger partial charge in [0.15, 0.2) is 0 Å². The van der Waals surface area contributed by atoms with Crippen LogP contribution in [-0.2, 0) is 14.2 Å². The van der Waals surface area contributed by atoms with E-state index in [2.05, 4.69) is 4.72 Å². The number of benzene rings is 3. The number of rotatable bonds is 11. The van der Waals surface area contributed by atoms with Crippen LogP contribution in [0, 0.1) is 6.92 Å². The van der Waals surface area contributed by atoms with Crippen LogP contribution in [0.2, 0.25) is 0 Å². The average molecular weight is 693 g/mol. The van der Waals surface area contributed by atoms with Crippen LogP contribution in [0.1, 0.15) is 18.9 Å². The maximum absolute atomic E-state index is 11.3. The van der Waals surface area contributed by atoms with Crippen molar-refractivity contribution in [1.82, 2.24) is 9.62 Å². The number of aliphatic hydroxyl groups is 1. The van der Waals surface area contributed by atoms with Crippen molar-refractivity contribution in [1.29, 1.82) is 0 Å². The van der Waals surface area contributed by atoms with Crippen LogP contribution in [0.15, 0.2) is 59.5 Å². The number of aryl methyl sites for hydroxylation is 1. The second-order valence-corrected chi connectivity index (χ2v) is 15.2. The smallest absolute Gasteiger partial charge is 0.255 e. The molecule has 3 aromatic rings. The minimum Gasteiger partial charge on any atom is -0.506 e. The standard InChI is InChI=1S/C11H11NO.C8H12N2OS2.C7H18NO2PS.CH4O.2CH2O/c1-7-2-3-8-5-10(12)11(13)6-9(8)4-7;9-7-1-3-8(4-2-7)13-10-5-6-12-11;1-4-6-11(9,10)12-7-5-8(2)3;3*1-2/h2-6,13H,12H2,1H3;1-4,10-11H,5-6,9H2;4-7H2,1-3H3,(H,9,10);2H,1H3;2*1H2. The predicted molar refractivity (Wildman–Crippen MR) is 193 cm³/mol. The van der Waals surface area contributed by atoms with Gasteiger partial charge in [-0.3, -0.25) is 9.29 Å². The summed E-state index contributed by atoms with van der Waals surface area (Å²) in [5.74, 6) is 1.58. The van der Waals surface area contributed by atoms with E-state index in [0.717, 1.165) is 65.8 Å². The molecule has 0 bridgehead atoms. The third-order valence-electron chi connectivity index (χ3n) is 4.84. The van der Waals surface area contributed by atoms with Crippen molar-refractivity contribution >= 4 is 77.7 Å². The van der Waals surface area contributed by atoms with Gasteiger partial charge in [0.05, 0.1) is 5.69 Å². The van der Waals surface area contributed by atoms with Crippen molar-refractivity contribution in [2.75, 3.05) is 63.4 Å². The molecule has 0 radical (unpaired) electrons. The molecule has 0 saturated carbocycles. The van der Waals surface area contributed by atoms with Crippen LogP contribution in [0.5, 0.6) is 5.75 Å². The van der Waals surface area contributed by atoms with E-state index in [4.69, 9.17) is 30.7 Å². The van der Waals surface area contributed by atoms with Gasteiger partial charge in [0.25, 0.3) is 6.57 Å². The summed E-state index contributed by atoms with van der Waals surface area (Å²) in [6.07, 6.45) is 1.22. The molecule has 1 atom stereocenters. The van der Waals surface area contributed by atoms with Gasteiger partial charge >= 0.3 is 0 Å². The number of anilines is 2. The van der Waals surface area contributed by atoms with Crippen LogP contribution in [0.25, 0.3) is 10.8 Å². The molecule has 3 aromatic carbocycles. The van der Waals surface area contributed by atoms with Crippen molar-refractivity contribution in [3.8, 4) is 5.75 Å². The van der Waals surface area contributed by atoms with Gasteiger partial charge in [-0.2, -0.15) is 0 Å². The minimum absolute atomic E-state index is 0.151. The highest BCUT2D eigenvalue weighted by molar-refractivity contribution is 8.56. The molecule has 1 unspecified atom stereocenters. The average Bonchev–Trinajstić information content (AvgIpc) is 3.00. The molecule has 0 aliphatic rings. The first-order chi connectivity index (χ1) is 21.0. The summed E-state index contributed by atoms with van der Waals surface area (Å²) in [6, 6.07) is 17.2. The van der Waals surface area contributed by atoms with Gasteiger partial charge in [-0.05, 0) is 98.6 Å². The van der Waals surface area contributed by atoms with E-state index >= 15 is 0 Å². The number of nitrogens with zero attached hydrogens (tertiary/aromatic N) is 1. The molecule has 3 rings (SSSR count). The molecule has 0 aliphatic heterocycles. The van der Waals surface area contributed by atoms with Crippen molar-refractivity contribution in [2.45, 2.75) is 25.2 Å². The molecule has 0 fully saturated rings. The van der Waals surface area contributed by atoms with E-state index in [0.29, 0.717) is 17.6 Å². The molecule has 0 aliphatic carbocycles. The summed E-state index contributed by atoms with van der Waals surface area (Å²) in [5, 5.41) is 18.5. The zero-order valence-electron chi connectivity index (χ0n) is 26.1. The van der Waals surface area contributed by atoms with E-state index in [9.17, 15) is 14.6 Å². The number of aromatic hydroxyl groups is 1. The summed E-state index contributed by atoms with van der Waals surface area (Å²) < 4.78 is 22.9. The molecule has 0 heterocycles. The van der Waals surface area contributed by atoms with Crippen LogP contribution in [0.4, 0.5) is 11.4 Å². The van der Waals surface area contributed by atoms with Crippen LogP contribution >= 0.6 is 41.9 Å². The number of phenolic OH excluding ortho intramolecular Hbond substituents is 1. The molecule has 0 saturated heterocycles. The highest BCUT2D eigenvalue weighted by Gasteiger charge is 2.16. The Bertz CT molecular complexity index is 1180. The number of nitrogens with two attached hydrogens (primary N) is 2. The molecule has 250 valence electrons. The molecule has 9 N–H and O–H groups in total. The van der Waals surface area contributed by atoms with Crippen molar-refractivity contribution in [3.05, 3.63) is 60.2 Å². The molecule has 0 amide bonds. The van der Waals surface area contributed by atoms with Gasteiger partial charge in [-0.15, -0.1) is 0 Å². The summed E-state index contributed by atoms with van der Waals surface area (Å²) in [5.41, 5.74) is 13.5. The summed E-state index contributed by atoms with van der Waals surface area (Å²) >= 11 is 3.58. The van der Waals surface area contributed by atoms with Gasteiger partial charge in [-0.1, -0.05) is 42.1 Å². The Morgan fingerprint density at radius 3 is 2.05 bits per heavy atom. The Morgan fingerprint density at radius 2 is 1.52 bits per heavy atom. The number of carbonyl (C=O) groups excluding carboxylic acids is 2. The maximum Gasteiger partial charge on any atom is 0.255 e. The third-order valence-corrected chi connectivity index (χ3v) is 10.2. The van der Waals surface area contributed by atoms with Crippen LogP contribution in [0.3, 0.4) is 0 Å². The zero-order valence-corrected chi connectivity index (χ0v) is 29.5. The lowest BCUT2D eigenvalue weighted by molar-refractivity contribution is -0.0987. The lowest BCUT2D eigenvalue weighted by Gasteiger charge is -2.12.